The Balaban J connectivity index is 1.89. The number of esters is 1. The number of rotatable bonds is 4. The minimum absolute atomic E-state index is 0.300. The van der Waals surface area contributed by atoms with E-state index in [9.17, 15) is 4.79 Å². The number of imidazole rings is 1. The Hall–Kier alpha value is -2.24. The minimum Gasteiger partial charge on any atom is -0.461 e. The topological polar surface area (TPSA) is 75.1 Å². The maximum atomic E-state index is 11.8. The summed E-state index contributed by atoms with van der Waals surface area (Å²) in [5.41, 5.74) is 6.60. The zero-order chi connectivity index (χ0) is 13.1. The van der Waals surface area contributed by atoms with Crippen molar-refractivity contribution in [3.8, 4) is 0 Å². The summed E-state index contributed by atoms with van der Waals surface area (Å²) < 4.78 is 8.73. The first-order valence-corrected chi connectivity index (χ1v) is 5.63. The lowest BCUT2D eigenvalue weighted by atomic mass is 10.4. The van der Waals surface area contributed by atoms with Crippen LogP contribution < -0.4 is 5.73 Å². The number of hydrogen-bond donors (Lipinski definition) is 1. The molecule has 0 aliphatic rings. The van der Waals surface area contributed by atoms with Gasteiger partial charge in [0.1, 0.15) is 11.5 Å². The van der Waals surface area contributed by atoms with Gasteiger partial charge in [-0.25, -0.2) is 9.78 Å². The van der Waals surface area contributed by atoms with E-state index in [2.05, 4.69) is 4.98 Å². The third kappa shape index (κ3) is 2.53. The molecule has 2 rings (SSSR count). The number of aromatic nitrogens is 3. The normalized spacial score (nSPS) is 10.6. The van der Waals surface area contributed by atoms with Gasteiger partial charge in [-0.15, -0.1) is 0 Å². The van der Waals surface area contributed by atoms with Gasteiger partial charge in [0.05, 0.1) is 12.3 Å². The van der Waals surface area contributed by atoms with E-state index in [1.807, 2.05) is 17.8 Å². The van der Waals surface area contributed by atoms with E-state index in [1.54, 1.807) is 30.1 Å². The molecule has 0 aliphatic carbocycles. The molecule has 2 aromatic rings. The molecule has 0 aromatic carbocycles. The SMILES string of the molecule is Cn1cc(N)cc1C(=O)OCCc1nccn1C. The highest BCUT2D eigenvalue weighted by Crippen LogP contribution is 2.10. The molecule has 18 heavy (non-hydrogen) atoms. The molecule has 0 saturated heterocycles. The van der Waals surface area contributed by atoms with Crippen LogP contribution in [0.1, 0.15) is 16.3 Å². The minimum atomic E-state index is -0.372. The maximum Gasteiger partial charge on any atom is 0.355 e. The summed E-state index contributed by atoms with van der Waals surface area (Å²) in [6, 6.07) is 1.60. The average Bonchev–Trinajstić information content (AvgIpc) is 2.85. The molecule has 0 aliphatic heterocycles. The van der Waals surface area contributed by atoms with Gasteiger partial charge in [-0.1, -0.05) is 0 Å². The molecule has 0 atom stereocenters. The molecular weight excluding hydrogens is 232 g/mol. The van der Waals surface area contributed by atoms with Gasteiger partial charge >= 0.3 is 5.97 Å². The third-order valence-electron chi connectivity index (χ3n) is 2.72. The number of ether oxygens (including phenoxy) is 1. The van der Waals surface area contributed by atoms with Crippen molar-refractivity contribution in [3.63, 3.8) is 0 Å². The first-order chi connectivity index (χ1) is 8.58. The molecular formula is C12H16N4O2. The summed E-state index contributed by atoms with van der Waals surface area (Å²) in [5.74, 6) is 0.512. The Morgan fingerprint density at radius 3 is 2.78 bits per heavy atom. The maximum absolute atomic E-state index is 11.8. The predicted molar refractivity (Wildman–Crippen MR) is 67.0 cm³/mol. The van der Waals surface area contributed by atoms with Gasteiger partial charge in [0.15, 0.2) is 0 Å². The van der Waals surface area contributed by atoms with Gasteiger partial charge < -0.3 is 19.6 Å². The number of nitrogens with zero attached hydrogens (tertiary/aromatic N) is 3. The molecule has 0 bridgehead atoms. The summed E-state index contributed by atoms with van der Waals surface area (Å²) in [7, 11) is 3.66. The molecule has 2 N–H and O–H groups in total. The Morgan fingerprint density at radius 1 is 1.44 bits per heavy atom. The molecule has 2 heterocycles. The Labute approximate surface area is 105 Å². The highest BCUT2D eigenvalue weighted by atomic mass is 16.5. The van der Waals surface area contributed by atoms with E-state index in [0.717, 1.165) is 5.82 Å². The van der Waals surface area contributed by atoms with E-state index in [1.165, 1.54) is 0 Å². The second kappa shape index (κ2) is 4.95. The fraction of sp³-hybridized carbons (Fsp3) is 0.333. The fourth-order valence-electron chi connectivity index (χ4n) is 1.74. The number of nitrogen functional groups attached to an aromatic ring is 1. The summed E-state index contributed by atoms with van der Waals surface area (Å²) in [4.78, 5) is 15.9. The van der Waals surface area contributed by atoms with Crippen LogP contribution in [0.15, 0.2) is 24.7 Å². The Bertz CT molecular complexity index is 556. The summed E-state index contributed by atoms with van der Waals surface area (Å²) in [5, 5.41) is 0. The van der Waals surface area contributed by atoms with E-state index in [0.29, 0.717) is 24.4 Å². The Kier molecular flexibility index (Phi) is 3.36. The molecule has 0 radical (unpaired) electrons. The number of anilines is 1. The standard InChI is InChI=1S/C12H16N4O2/c1-15-5-4-14-11(15)3-6-18-12(17)10-7-9(13)8-16(10)2/h4-5,7-8H,3,6,13H2,1-2H3. The van der Waals surface area contributed by atoms with Crippen LogP contribution in [-0.2, 0) is 25.3 Å². The smallest absolute Gasteiger partial charge is 0.355 e. The van der Waals surface area contributed by atoms with E-state index >= 15 is 0 Å². The number of hydrogen-bond acceptors (Lipinski definition) is 4. The molecule has 6 nitrogen and oxygen atoms in total. The van der Waals surface area contributed by atoms with Crippen molar-refractivity contribution in [2.75, 3.05) is 12.3 Å². The van der Waals surface area contributed by atoms with Gasteiger partial charge in [0, 0.05) is 39.1 Å². The molecule has 0 unspecified atom stereocenters. The van der Waals surface area contributed by atoms with Crippen LogP contribution >= 0.6 is 0 Å². The largest absolute Gasteiger partial charge is 0.461 e. The quantitative estimate of drug-likeness (QED) is 0.810. The highest BCUT2D eigenvalue weighted by molar-refractivity contribution is 5.89. The monoisotopic (exact) mass is 248 g/mol. The zero-order valence-corrected chi connectivity index (χ0v) is 10.5. The van der Waals surface area contributed by atoms with Gasteiger partial charge in [0.2, 0.25) is 0 Å². The molecule has 0 saturated carbocycles. The van der Waals surface area contributed by atoms with Crippen LogP contribution in [0.4, 0.5) is 5.69 Å². The summed E-state index contributed by atoms with van der Waals surface area (Å²) in [6.45, 7) is 0.300. The lowest BCUT2D eigenvalue weighted by molar-refractivity contribution is 0.0496. The van der Waals surface area contributed by atoms with Crippen LogP contribution in [-0.4, -0.2) is 26.7 Å². The fourth-order valence-corrected chi connectivity index (χ4v) is 1.74. The molecule has 0 amide bonds. The van der Waals surface area contributed by atoms with Crippen molar-refractivity contribution in [1.29, 1.82) is 0 Å². The number of aryl methyl sites for hydroxylation is 2. The van der Waals surface area contributed by atoms with Gasteiger partial charge in [-0.3, -0.25) is 0 Å². The molecule has 0 fully saturated rings. The van der Waals surface area contributed by atoms with Crippen molar-refractivity contribution in [2.45, 2.75) is 6.42 Å². The molecule has 2 aromatic heterocycles. The average molecular weight is 248 g/mol. The summed E-state index contributed by atoms with van der Waals surface area (Å²) >= 11 is 0. The molecule has 6 heteroatoms. The van der Waals surface area contributed by atoms with Crippen molar-refractivity contribution in [1.82, 2.24) is 14.1 Å². The number of nitrogens with two attached hydrogens (primary N) is 1. The number of carbonyl (C=O) groups is 1. The van der Waals surface area contributed by atoms with Gasteiger partial charge in [0.25, 0.3) is 0 Å². The van der Waals surface area contributed by atoms with Crippen LogP contribution in [0.5, 0.6) is 0 Å². The Morgan fingerprint density at radius 2 is 2.22 bits per heavy atom. The van der Waals surface area contributed by atoms with E-state index < -0.39 is 0 Å². The summed E-state index contributed by atoms with van der Waals surface area (Å²) in [6.07, 6.45) is 5.84. The van der Waals surface area contributed by atoms with Crippen LogP contribution in [0, 0.1) is 0 Å². The second-order valence-electron chi connectivity index (χ2n) is 4.11. The first kappa shape index (κ1) is 12.2. The predicted octanol–water partition coefficient (Wildman–Crippen LogP) is 0.740. The zero-order valence-electron chi connectivity index (χ0n) is 10.5. The van der Waals surface area contributed by atoms with Crippen LogP contribution in [0.2, 0.25) is 0 Å². The second-order valence-corrected chi connectivity index (χ2v) is 4.11. The van der Waals surface area contributed by atoms with E-state index in [4.69, 9.17) is 10.5 Å². The molecule has 96 valence electrons. The molecule has 0 spiro atoms. The van der Waals surface area contributed by atoms with Crippen molar-refractivity contribution >= 4 is 11.7 Å². The van der Waals surface area contributed by atoms with Crippen molar-refractivity contribution in [2.24, 2.45) is 14.1 Å². The van der Waals surface area contributed by atoms with Crippen molar-refractivity contribution < 1.29 is 9.53 Å². The third-order valence-corrected chi connectivity index (χ3v) is 2.72. The lowest BCUT2D eigenvalue weighted by Gasteiger charge is -2.05. The van der Waals surface area contributed by atoms with Gasteiger partial charge in [-0.05, 0) is 6.07 Å². The van der Waals surface area contributed by atoms with Crippen LogP contribution in [0.25, 0.3) is 0 Å². The first-order valence-electron chi connectivity index (χ1n) is 5.63. The van der Waals surface area contributed by atoms with Crippen molar-refractivity contribution in [3.05, 3.63) is 36.2 Å². The number of carbonyl (C=O) groups excluding carboxylic acids is 1. The van der Waals surface area contributed by atoms with E-state index in [-0.39, 0.29) is 5.97 Å². The lowest BCUT2D eigenvalue weighted by Crippen LogP contribution is -2.12. The van der Waals surface area contributed by atoms with Gasteiger partial charge in [-0.2, -0.15) is 0 Å². The van der Waals surface area contributed by atoms with Crippen LogP contribution in [0.3, 0.4) is 0 Å². The highest BCUT2D eigenvalue weighted by Gasteiger charge is 2.12.